The first kappa shape index (κ1) is 14.7. The second-order valence-corrected chi connectivity index (χ2v) is 6.95. The van der Waals surface area contributed by atoms with Crippen molar-refractivity contribution in [2.24, 2.45) is 0 Å². The van der Waals surface area contributed by atoms with Crippen molar-refractivity contribution < 1.29 is 0 Å². The van der Waals surface area contributed by atoms with Crippen molar-refractivity contribution in [1.29, 1.82) is 0 Å². The van der Waals surface area contributed by atoms with Gasteiger partial charge in [0.2, 0.25) is 0 Å². The maximum absolute atomic E-state index is 4.99. The summed E-state index contributed by atoms with van der Waals surface area (Å²) < 4.78 is 0. The lowest BCUT2D eigenvalue weighted by atomic mass is 9.91. The molecule has 0 radical (unpaired) electrons. The molecule has 2 aromatic heterocycles. The fourth-order valence-electron chi connectivity index (χ4n) is 3.11. The van der Waals surface area contributed by atoms with E-state index in [9.17, 15) is 0 Å². The summed E-state index contributed by atoms with van der Waals surface area (Å²) >= 11 is 1.88. The van der Waals surface area contributed by atoms with E-state index in [0.29, 0.717) is 5.92 Å². The zero-order valence-corrected chi connectivity index (χ0v) is 13.9. The first-order chi connectivity index (χ1) is 10.2. The van der Waals surface area contributed by atoms with Gasteiger partial charge in [-0.2, -0.15) is 0 Å². The van der Waals surface area contributed by atoms with Crippen LogP contribution >= 0.6 is 11.3 Å². The highest BCUT2D eigenvalue weighted by Gasteiger charge is 2.24. The van der Waals surface area contributed by atoms with Crippen molar-refractivity contribution >= 4 is 11.3 Å². The van der Waals surface area contributed by atoms with Crippen molar-refractivity contribution in [2.45, 2.75) is 46.0 Å². The molecule has 0 saturated carbocycles. The maximum atomic E-state index is 4.99. The molecule has 2 heterocycles. The van der Waals surface area contributed by atoms with Gasteiger partial charge in [0.15, 0.2) is 0 Å². The molecule has 0 aliphatic heterocycles. The van der Waals surface area contributed by atoms with Crippen molar-refractivity contribution in [3.63, 3.8) is 0 Å². The number of thiazole rings is 1. The van der Waals surface area contributed by atoms with E-state index in [0.717, 1.165) is 29.5 Å². The molecule has 1 aliphatic carbocycles. The van der Waals surface area contributed by atoms with Crippen LogP contribution in [-0.2, 0) is 6.42 Å². The van der Waals surface area contributed by atoms with E-state index in [2.05, 4.69) is 43.2 Å². The van der Waals surface area contributed by atoms with Gasteiger partial charge in [-0.15, -0.1) is 11.3 Å². The summed E-state index contributed by atoms with van der Waals surface area (Å²) in [5.41, 5.74) is 4.71. The van der Waals surface area contributed by atoms with Gasteiger partial charge in [-0.3, -0.25) is 4.98 Å². The van der Waals surface area contributed by atoms with Crippen molar-refractivity contribution in [3.8, 4) is 10.6 Å². The second kappa shape index (κ2) is 6.24. The minimum atomic E-state index is 0.586. The molecule has 3 rings (SSSR count). The molecule has 4 heteroatoms. The lowest BCUT2D eigenvalue weighted by molar-refractivity contribution is 0.509. The van der Waals surface area contributed by atoms with Crippen molar-refractivity contribution in [3.05, 3.63) is 34.1 Å². The molecule has 0 bridgehead atoms. The molecule has 1 N–H and O–H groups in total. The Kier molecular flexibility index (Phi) is 4.36. The summed E-state index contributed by atoms with van der Waals surface area (Å²) in [6.45, 7) is 8.36. The lowest BCUT2D eigenvalue weighted by Crippen LogP contribution is -2.23. The molecule has 0 spiro atoms. The molecule has 2 aromatic rings. The number of hydrogen-bond donors (Lipinski definition) is 1. The number of nitrogens with zero attached hydrogens (tertiary/aromatic N) is 2. The van der Waals surface area contributed by atoms with Gasteiger partial charge >= 0.3 is 0 Å². The standard InChI is InChI=1S/C17H23N3S/c1-4-18-10-13-6-5-7-15-16(13)20-17(21-15)14-8-11(2)19-12(3)9-14/h8-9,13,18H,4-7,10H2,1-3H3. The highest BCUT2D eigenvalue weighted by atomic mass is 32.1. The molecule has 0 fully saturated rings. The van der Waals surface area contributed by atoms with E-state index in [1.54, 1.807) is 0 Å². The van der Waals surface area contributed by atoms with Crippen LogP contribution in [-0.4, -0.2) is 23.1 Å². The molecule has 21 heavy (non-hydrogen) atoms. The largest absolute Gasteiger partial charge is 0.316 e. The van der Waals surface area contributed by atoms with Gasteiger partial charge in [-0.05, 0) is 51.8 Å². The van der Waals surface area contributed by atoms with Gasteiger partial charge in [0.1, 0.15) is 5.01 Å². The Balaban J connectivity index is 1.93. The van der Waals surface area contributed by atoms with Crippen LogP contribution in [0.5, 0.6) is 0 Å². The minimum Gasteiger partial charge on any atom is -0.316 e. The number of aromatic nitrogens is 2. The number of hydrogen-bond acceptors (Lipinski definition) is 4. The number of nitrogens with one attached hydrogen (secondary N) is 1. The molecule has 112 valence electrons. The zero-order chi connectivity index (χ0) is 14.8. The molecule has 0 aromatic carbocycles. The molecule has 1 unspecified atom stereocenters. The highest BCUT2D eigenvalue weighted by molar-refractivity contribution is 7.15. The Morgan fingerprint density at radius 1 is 1.24 bits per heavy atom. The number of likely N-dealkylation sites (N-methyl/N-ethyl adjacent to an activating group) is 1. The van der Waals surface area contributed by atoms with Gasteiger partial charge < -0.3 is 5.32 Å². The van der Waals surface area contributed by atoms with Crippen LogP contribution in [0.1, 0.15) is 47.6 Å². The van der Waals surface area contributed by atoms with Crippen LogP contribution in [0.3, 0.4) is 0 Å². The molecule has 3 nitrogen and oxygen atoms in total. The van der Waals surface area contributed by atoms with Gasteiger partial charge in [-0.25, -0.2) is 4.98 Å². The summed E-state index contributed by atoms with van der Waals surface area (Å²) in [5.74, 6) is 0.586. The SMILES string of the molecule is CCNCC1CCCc2sc(-c3cc(C)nc(C)c3)nc21. The van der Waals surface area contributed by atoms with E-state index in [1.807, 2.05) is 11.3 Å². The number of rotatable bonds is 4. The smallest absolute Gasteiger partial charge is 0.124 e. The summed E-state index contributed by atoms with van der Waals surface area (Å²) in [6, 6.07) is 4.30. The summed E-state index contributed by atoms with van der Waals surface area (Å²) in [7, 11) is 0. The van der Waals surface area contributed by atoms with Gasteiger partial charge in [-0.1, -0.05) is 6.92 Å². The predicted molar refractivity (Wildman–Crippen MR) is 89.0 cm³/mol. The van der Waals surface area contributed by atoms with E-state index in [-0.39, 0.29) is 0 Å². The summed E-state index contributed by atoms with van der Waals surface area (Å²) in [6.07, 6.45) is 3.75. The summed E-state index contributed by atoms with van der Waals surface area (Å²) in [4.78, 5) is 10.9. The first-order valence-corrected chi connectivity index (χ1v) is 8.65. The van der Waals surface area contributed by atoms with Crippen molar-refractivity contribution in [1.82, 2.24) is 15.3 Å². The second-order valence-electron chi connectivity index (χ2n) is 5.86. The minimum absolute atomic E-state index is 0.586. The Labute approximate surface area is 130 Å². The third-order valence-electron chi connectivity index (χ3n) is 4.04. The molecule has 0 amide bonds. The average molecular weight is 301 g/mol. The van der Waals surface area contributed by atoms with Gasteiger partial charge in [0.25, 0.3) is 0 Å². The predicted octanol–water partition coefficient (Wildman–Crippen LogP) is 3.85. The van der Waals surface area contributed by atoms with E-state index in [1.165, 1.54) is 35.4 Å². The molecule has 1 atom stereocenters. The molecule has 0 saturated heterocycles. The lowest BCUT2D eigenvalue weighted by Gasteiger charge is -2.21. The van der Waals surface area contributed by atoms with Crippen LogP contribution in [0, 0.1) is 13.8 Å². The number of aryl methyl sites for hydroxylation is 3. The van der Waals surface area contributed by atoms with Crippen LogP contribution in [0.4, 0.5) is 0 Å². The van der Waals surface area contributed by atoms with E-state index < -0.39 is 0 Å². The fourth-order valence-corrected chi connectivity index (χ4v) is 4.28. The van der Waals surface area contributed by atoms with Crippen molar-refractivity contribution in [2.75, 3.05) is 13.1 Å². The van der Waals surface area contributed by atoms with Crippen LogP contribution in [0.25, 0.3) is 10.6 Å². The van der Waals surface area contributed by atoms with Crippen LogP contribution < -0.4 is 5.32 Å². The normalized spacial score (nSPS) is 17.8. The average Bonchev–Trinajstić information content (AvgIpc) is 2.88. The van der Waals surface area contributed by atoms with E-state index in [4.69, 9.17) is 4.98 Å². The third kappa shape index (κ3) is 3.16. The maximum Gasteiger partial charge on any atom is 0.124 e. The molecular formula is C17H23N3S. The molecular weight excluding hydrogens is 278 g/mol. The van der Waals surface area contributed by atoms with E-state index >= 15 is 0 Å². The Hall–Kier alpha value is -1.26. The third-order valence-corrected chi connectivity index (χ3v) is 5.22. The van der Waals surface area contributed by atoms with Gasteiger partial charge in [0.05, 0.1) is 5.69 Å². The molecule has 1 aliphatic rings. The van der Waals surface area contributed by atoms with Crippen LogP contribution in [0.15, 0.2) is 12.1 Å². The summed E-state index contributed by atoms with van der Waals surface area (Å²) in [5, 5.41) is 4.64. The first-order valence-electron chi connectivity index (χ1n) is 7.83. The number of fused-ring (bicyclic) bond motifs is 1. The topological polar surface area (TPSA) is 37.8 Å². The monoisotopic (exact) mass is 301 g/mol. The van der Waals surface area contributed by atoms with Gasteiger partial charge in [0, 0.05) is 34.3 Å². The Morgan fingerprint density at radius 2 is 2.00 bits per heavy atom. The zero-order valence-electron chi connectivity index (χ0n) is 13.1. The highest BCUT2D eigenvalue weighted by Crippen LogP contribution is 2.38. The Bertz CT molecular complexity index is 613. The van der Waals surface area contributed by atoms with Crippen LogP contribution in [0.2, 0.25) is 0 Å². The number of pyridine rings is 1. The Morgan fingerprint density at radius 3 is 2.71 bits per heavy atom. The fraction of sp³-hybridized carbons (Fsp3) is 0.529. The quantitative estimate of drug-likeness (QED) is 0.932.